The lowest BCUT2D eigenvalue weighted by Crippen LogP contribution is -2.08. The van der Waals surface area contributed by atoms with Crippen LogP contribution < -0.4 is 16.0 Å². The molecular formula is C24H30N8. The van der Waals surface area contributed by atoms with E-state index in [0.29, 0.717) is 11.8 Å². The molecule has 8 nitrogen and oxygen atoms in total. The summed E-state index contributed by atoms with van der Waals surface area (Å²) in [6.07, 6.45) is 13.1. The molecule has 0 aromatic carbocycles. The summed E-state index contributed by atoms with van der Waals surface area (Å²) >= 11 is 0. The SMILES string of the molecule is CCCCCNc1cc(Nc2ccn3ccnc3c2)nc(Nc2cc(CCC)ccn2)n1. The lowest BCUT2D eigenvalue weighted by atomic mass is 10.1. The number of hydrogen-bond acceptors (Lipinski definition) is 7. The Bertz CT molecular complexity index is 1150. The van der Waals surface area contributed by atoms with Crippen LogP contribution in [0, 0.1) is 0 Å². The van der Waals surface area contributed by atoms with E-state index in [1.165, 1.54) is 18.4 Å². The van der Waals surface area contributed by atoms with Crippen LogP contribution in [-0.4, -0.2) is 30.9 Å². The Hall–Kier alpha value is -3.68. The molecule has 0 atom stereocenters. The first-order chi connectivity index (χ1) is 15.7. The monoisotopic (exact) mass is 430 g/mol. The summed E-state index contributed by atoms with van der Waals surface area (Å²) in [5.41, 5.74) is 3.02. The number of rotatable bonds is 11. The average molecular weight is 431 g/mol. The highest BCUT2D eigenvalue weighted by Gasteiger charge is 2.08. The van der Waals surface area contributed by atoms with Crippen LogP contribution in [0.3, 0.4) is 0 Å². The molecule has 4 heterocycles. The average Bonchev–Trinajstić information content (AvgIpc) is 3.25. The van der Waals surface area contributed by atoms with E-state index in [1.54, 1.807) is 6.20 Å². The number of fused-ring (bicyclic) bond motifs is 1. The predicted octanol–water partition coefficient (Wildman–Crippen LogP) is 5.56. The molecule has 0 radical (unpaired) electrons. The fraction of sp³-hybridized carbons (Fsp3) is 0.333. The van der Waals surface area contributed by atoms with Crippen molar-refractivity contribution >= 4 is 34.7 Å². The Morgan fingerprint density at radius 1 is 0.812 bits per heavy atom. The summed E-state index contributed by atoms with van der Waals surface area (Å²) in [6, 6.07) is 9.99. The molecule has 0 saturated carbocycles. The van der Waals surface area contributed by atoms with E-state index in [1.807, 2.05) is 53.3 Å². The van der Waals surface area contributed by atoms with Crippen molar-refractivity contribution in [3.05, 3.63) is 60.7 Å². The summed E-state index contributed by atoms with van der Waals surface area (Å²) in [5, 5.41) is 10.1. The summed E-state index contributed by atoms with van der Waals surface area (Å²) in [4.78, 5) is 18.1. The highest BCUT2D eigenvalue weighted by Crippen LogP contribution is 2.22. The minimum absolute atomic E-state index is 0.496. The van der Waals surface area contributed by atoms with E-state index in [4.69, 9.17) is 0 Å². The summed E-state index contributed by atoms with van der Waals surface area (Å²) in [5.74, 6) is 2.70. The van der Waals surface area contributed by atoms with Crippen LogP contribution in [0.2, 0.25) is 0 Å². The van der Waals surface area contributed by atoms with Gasteiger partial charge in [-0.3, -0.25) is 0 Å². The summed E-state index contributed by atoms with van der Waals surface area (Å²) < 4.78 is 1.97. The highest BCUT2D eigenvalue weighted by atomic mass is 15.2. The van der Waals surface area contributed by atoms with Gasteiger partial charge in [0.15, 0.2) is 0 Å². The maximum absolute atomic E-state index is 4.67. The number of nitrogens with zero attached hydrogens (tertiary/aromatic N) is 5. The Morgan fingerprint density at radius 3 is 2.59 bits per heavy atom. The van der Waals surface area contributed by atoms with Gasteiger partial charge in [-0.15, -0.1) is 0 Å². The largest absolute Gasteiger partial charge is 0.370 e. The molecule has 0 aliphatic rings. The van der Waals surface area contributed by atoms with Crippen LogP contribution in [0.4, 0.5) is 29.1 Å². The Morgan fingerprint density at radius 2 is 1.72 bits per heavy atom. The molecule has 4 aromatic heterocycles. The summed E-state index contributed by atoms with van der Waals surface area (Å²) in [6.45, 7) is 5.24. The maximum Gasteiger partial charge on any atom is 0.232 e. The number of aryl methyl sites for hydroxylation is 1. The Kier molecular flexibility index (Phi) is 7.12. The van der Waals surface area contributed by atoms with E-state index in [0.717, 1.165) is 48.8 Å². The number of anilines is 5. The van der Waals surface area contributed by atoms with Crippen LogP contribution in [0.5, 0.6) is 0 Å². The van der Waals surface area contributed by atoms with E-state index in [9.17, 15) is 0 Å². The zero-order chi connectivity index (χ0) is 22.2. The van der Waals surface area contributed by atoms with Gasteiger partial charge in [0.25, 0.3) is 0 Å². The van der Waals surface area contributed by atoms with Crippen molar-refractivity contribution in [3.8, 4) is 0 Å². The van der Waals surface area contributed by atoms with Crippen molar-refractivity contribution in [2.24, 2.45) is 0 Å². The number of pyridine rings is 2. The van der Waals surface area contributed by atoms with Gasteiger partial charge in [-0.1, -0.05) is 33.1 Å². The van der Waals surface area contributed by atoms with E-state index in [2.05, 4.69) is 49.7 Å². The number of imidazole rings is 1. The first-order valence-electron chi connectivity index (χ1n) is 11.3. The Labute approximate surface area is 188 Å². The van der Waals surface area contributed by atoms with Crippen LogP contribution in [0.1, 0.15) is 45.1 Å². The van der Waals surface area contributed by atoms with E-state index >= 15 is 0 Å². The third-order valence-corrected chi connectivity index (χ3v) is 5.09. The first kappa shape index (κ1) is 21.5. The molecule has 0 aliphatic carbocycles. The maximum atomic E-state index is 4.67. The van der Waals surface area contributed by atoms with E-state index in [-0.39, 0.29) is 0 Å². The van der Waals surface area contributed by atoms with Crippen molar-refractivity contribution < 1.29 is 0 Å². The van der Waals surface area contributed by atoms with Crippen LogP contribution >= 0.6 is 0 Å². The van der Waals surface area contributed by atoms with Crippen molar-refractivity contribution in [2.75, 3.05) is 22.5 Å². The molecule has 0 amide bonds. The zero-order valence-electron chi connectivity index (χ0n) is 18.7. The minimum atomic E-state index is 0.496. The molecule has 8 heteroatoms. The van der Waals surface area contributed by atoms with Gasteiger partial charge >= 0.3 is 0 Å². The lowest BCUT2D eigenvalue weighted by molar-refractivity contribution is 0.742. The fourth-order valence-electron chi connectivity index (χ4n) is 3.49. The van der Waals surface area contributed by atoms with Gasteiger partial charge in [0, 0.05) is 49.2 Å². The first-order valence-corrected chi connectivity index (χ1v) is 11.3. The molecule has 4 aromatic rings. The second-order valence-electron chi connectivity index (χ2n) is 7.75. The molecule has 166 valence electrons. The van der Waals surface area contributed by atoms with Gasteiger partial charge in [0.1, 0.15) is 23.1 Å². The fourth-order valence-corrected chi connectivity index (χ4v) is 3.49. The van der Waals surface area contributed by atoms with Gasteiger partial charge in [0.2, 0.25) is 5.95 Å². The molecule has 0 bridgehead atoms. The molecule has 0 spiro atoms. The Balaban J connectivity index is 1.57. The third-order valence-electron chi connectivity index (χ3n) is 5.09. The lowest BCUT2D eigenvalue weighted by Gasteiger charge is -2.13. The molecule has 32 heavy (non-hydrogen) atoms. The van der Waals surface area contributed by atoms with Gasteiger partial charge in [-0.25, -0.2) is 9.97 Å². The minimum Gasteiger partial charge on any atom is -0.370 e. The smallest absolute Gasteiger partial charge is 0.232 e. The van der Waals surface area contributed by atoms with Gasteiger partial charge < -0.3 is 20.4 Å². The number of aromatic nitrogens is 5. The number of nitrogens with one attached hydrogen (secondary N) is 3. The van der Waals surface area contributed by atoms with Crippen molar-refractivity contribution in [1.82, 2.24) is 24.3 Å². The molecule has 0 aliphatic heterocycles. The number of unbranched alkanes of at least 4 members (excludes halogenated alkanes) is 2. The van der Waals surface area contributed by atoms with Crippen LogP contribution in [0.25, 0.3) is 5.65 Å². The number of hydrogen-bond donors (Lipinski definition) is 3. The van der Waals surface area contributed by atoms with Gasteiger partial charge in [-0.2, -0.15) is 9.97 Å². The van der Waals surface area contributed by atoms with Gasteiger partial charge in [-0.05, 0) is 36.6 Å². The van der Waals surface area contributed by atoms with Crippen molar-refractivity contribution in [2.45, 2.75) is 46.0 Å². The zero-order valence-corrected chi connectivity index (χ0v) is 18.7. The van der Waals surface area contributed by atoms with Crippen molar-refractivity contribution in [3.63, 3.8) is 0 Å². The standard InChI is InChI=1S/C24H30N8/c1-3-5-6-10-25-21-17-22(28-19-9-13-32-14-12-27-23(32)16-19)31-24(30-21)29-20-15-18(7-4-2)8-11-26-20/h8-9,11-17H,3-7,10H2,1-2H3,(H3,25,26,28,29,30,31). The normalized spacial score (nSPS) is 10.9. The second kappa shape index (κ2) is 10.6. The van der Waals surface area contributed by atoms with Crippen molar-refractivity contribution in [1.29, 1.82) is 0 Å². The van der Waals surface area contributed by atoms with E-state index < -0.39 is 0 Å². The van der Waals surface area contributed by atoms with Crippen LogP contribution in [0.15, 0.2) is 55.1 Å². The molecule has 0 fully saturated rings. The summed E-state index contributed by atoms with van der Waals surface area (Å²) in [7, 11) is 0. The molecule has 0 saturated heterocycles. The highest BCUT2D eigenvalue weighted by molar-refractivity contribution is 5.65. The molecule has 0 unspecified atom stereocenters. The predicted molar refractivity (Wildman–Crippen MR) is 130 cm³/mol. The van der Waals surface area contributed by atoms with Crippen LogP contribution in [-0.2, 0) is 6.42 Å². The second-order valence-corrected chi connectivity index (χ2v) is 7.75. The third kappa shape index (κ3) is 5.72. The van der Waals surface area contributed by atoms with Gasteiger partial charge in [0.05, 0.1) is 0 Å². The molecular weight excluding hydrogens is 400 g/mol. The molecule has 3 N–H and O–H groups in total. The molecule has 4 rings (SSSR count). The topological polar surface area (TPSA) is 92.1 Å². The quantitative estimate of drug-likeness (QED) is 0.268.